The monoisotopic (exact) mass is 275 g/mol. The highest BCUT2D eigenvalue weighted by atomic mass is 35.5. The van der Waals surface area contributed by atoms with Crippen LogP contribution in [0.3, 0.4) is 0 Å². The lowest BCUT2D eigenvalue weighted by Crippen LogP contribution is -2.00. The molecule has 2 N–H and O–H groups in total. The molecule has 0 amide bonds. The highest BCUT2D eigenvalue weighted by Gasteiger charge is 2.03. The summed E-state index contributed by atoms with van der Waals surface area (Å²) in [6, 6.07) is 11.9. The van der Waals surface area contributed by atoms with E-state index in [1.807, 2.05) is 24.3 Å². The molecule has 1 heterocycles. The largest absolute Gasteiger partial charge is 0.378 e. The van der Waals surface area contributed by atoms with Crippen LogP contribution in [0.25, 0.3) is 11.0 Å². The smallest absolute Gasteiger partial charge is 0.126 e. The van der Waals surface area contributed by atoms with E-state index in [2.05, 4.69) is 15.3 Å². The molecule has 19 heavy (non-hydrogen) atoms. The van der Waals surface area contributed by atoms with Gasteiger partial charge >= 0.3 is 0 Å². The van der Waals surface area contributed by atoms with Crippen molar-refractivity contribution in [3.8, 4) is 0 Å². The maximum atomic E-state index is 13.1. The summed E-state index contributed by atoms with van der Waals surface area (Å²) in [5, 5.41) is 3.92. The Morgan fingerprint density at radius 1 is 1.16 bits per heavy atom. The lowest BCUT2D eigenvalue weighted by Gasteiger charge is -2.03. The van der Waals surface area contributed by atoms with Gasteiger partial charge in [-0.15, -0.1) is 0 Å². The van der Waals surface area contributed by atoms with Crippen molar-refractivity contribution in [2.24, 2.45) is 0 Å². The third-order valence-electron chi connectivity index (χ3n) is 2.80. The van der Waals surface area contributed by atoms with Gasteiger partial charge in [-0.2, -0.15) is 0 Å². The average molecular weight is 276 g/mol. The van der Waals surface area contributed by atoms with Crippen LogP contribution < -0.4 is 5.32 Å². The molecule has 0 atom stereocenters. The Morgan fingerprint density at radius 2 is 1.95 bits per heavy atom. The minimum absolute atomic E-state index is 0.270. The van der Waals surface area contributed by atoms with Crippen molar-refractivity contribution in [1.29, 1.82) is 0 Å². The third-order valence-corrected chi connectivity index (χ3v) is 3.05. The highest BCUT2D eigenvalue weighted by molar-refractivity contribution is 6.30. The molecule has 0 unspecified atom stereocenters. The quantitative estimate of drug-likeness (QED) is 0.759. The van der Waals surface area contributed by atoms with E-state index in [0.717, 1.165) is 17.0 Å². The number of halogens is 2. The van der Waals surface area contributed by atoms with Crippen LogP contribution in [0.4, 0.5) is 10.1 Å². The van der Waals surface area contributed by atoms with Gasteiger partial charge in [-0.1, -0.05) is 11.6 Å². The fourth-order valence-electron chi connectivity index (χ4n) is 1.87. The molecule has 0 saturated carbocycles. The summed E-state index contributed by atoms with van der Waals surface area (Å²) in [5.41, 5.74) is 2.42. The van der Waals surface area contributed by atoms with E-state index in [9.17, 15) is 4.39 Å². The number of benzene rings is 2. The van der Waals surface area contributed by atoms with Gasteiger partial charge in [0, 0.05) is 10.7 Å². The van der Waals surface area contributed by atoms with E-state index in [1.165, 1.54) is 12.1 Å². The second-order valence-corrected chi connectivity index (χ2v) is 4.64. The molecule has 96 valence electrons. The zero-order chi connectivity index (χ0) is 13.2. The van der Waals surface area contributed by atoms with Crippen LogP contribution in [0.5, 0.6) is 0 Å². The van der Waals surface area contributed by atoms with E-state index in [-0.39, 0.29) is 5.82 Å². The second kappa shape index (κ2) is 4.90. The summed E-state index contributed by atoms with van der Waals surface area (Å²) in [6.45, 7) is 0.540. The van der Waals surface area contributed by atoms with Gasteiger partial charge in [0.15, 0.2) is 0 Å². The lowest BCUT2D eigenvalue weighted by atomic mass is 10.3. The highest BCUT2D eigenvalue weighted by Crippen LogP contribution is 2.16. The van der Waals surface area contributed by atoms with Gasteiger partial charge in [-0.05, 0) is 42.5 Å². The minimum Gasteiger partial charge on any atom is -0.378 e. The van der Waals surface area contributed by atoms with Crippen LogP contribution in [-0.4, -0.2) is 9.97 Å². The van der Waals surface area contributed by atoms with Gasteiger partial charge in [0.2, 0.25) is 0 Å². The molecule has 0 spiro atoms. The Kier molecular flexibility index (Phi) is 3.09. The molecule has 0 saturated heterocycles. The molecule has 3 rings (SSSR count). The summed E-state index contributed by atoms with van der Waals surface area (Å²) in [6.07, 6.45) is 0. The van der Waals surface area contributed by atoms with Crippen LogP contribution in [0.1, 0.15) is 5.82 Å². The van der Waals surface area contributed by atoms with Crippen molar-refractivity contribution in [2.75, 3.05) is 5.32 Å². The van der Waals surface area contributed by atoms with E-state index >= 15 is 0 Å². The summed E-state index contributed by atoms with van der Waals surface area (Å²) in [4.78, 5) is 7.45. The van der Waals surface area contributed by atoms with Crippen molar-refractivity contribution in [2.45, 2.75) is 6.54 Å². The first-order chi connectivity index (χ1) is 9.20. The topological polar surface area (TPSA) is 40.7 Å². The SMILES string of the molecule is Fc1ccc2nc(CNc3ccc(Cl)cc3)[nH]c2c1. The minimum atomic E-state index is -0.270. The van der Waals surface area contributed by atoms with Crippen LogP contribution in [0, 0.1) is 5.82 Å². The number of imidazole rings is 1. The molecule has 0 bridgehead atoms. The van der Waals surface area contributed by atoms with Crippen LogP contribution in [0.2, 0.25) is 5.02 Å². The molecule has 3 nitrogen and oxygen atoms in total. The Bertz CT molecular complexity index is 706. The van der Waals surface area contributed by atoms with Crippen molar-refractivity contribution in [3.05, 3.63) is 59.1 Å². The Labute approximate surface area is 114 Å². The van der Waals surface area contributed by atoms with Gasteiger partial charge < -0.3 is 10.3 Å². The predicted molar refractivity (Wildman–Crippen MR) is 74.8 cm³/mol. The Balaban J connectivity index is 1.76. The summed E-state index contributed by atoms with van der Waals surface area (Å²) >= 11 is 5.82. The molecular weight excluding hydrogens is 265 g/mol. The number of nitrogens with one attached hydrogen (secondary N) is 2. The molecule has 0 radical (unpaired) electrons. The predicted octanol–water partition coefficient (Wildman–Crippen LogP) is 3.97. The number of hydrogen-bond donors (Lipinski definition) is 2. The standard InChI is InChI=1S/C14H11ClFN3/c15-9-1-4-11(5-2-9)17-8-14-18-12-6-3-10(16)7-13(12)19-14/h1-7,17H,8H2,(H,18,19). The number of anilines is 1. The van der Waals surface area contributed by atoms with Crippen LogP contribution in [0.15, 0.2) is 42.5 Å². The maximum Gasteiger partial charge on any atom is 0.126 e. The molecule has 5 heteroatoms. The molecular formula is C14H11ClFN3. The van der Waals surface area contributed by atoms with Crippen molar-refractivity contribution in [1.82, 2.24) is 9.97 Å². The van der Waals surface area contributed by atoms with E-state index in [1.54, 1.807) is 6.07 Å². The first-order valence-corrected chi connectivity index (χ1v) is 6.22. The van der Waals surface area contributed by atoms with Gasteiger partial charge in [0.25, 0.3) is 0 Å². The molecule has 0 aliphatic rings. The fraction of sp³-hybridized carbons (Fsp3) is 0.0714. The second-order valence-electron chi connectivity index (χ2n) is 4.21. The van der Waals surface area contributed by atoms with Crippen LogP contribution in [-0.2, 0) is 6.54 Å². The van der Waals surface area contributed by atoms with Crippen molar-refractivity contribution in [3.63, 3.8) is 0 Å². The van der Waals surface area contributed by atoms with Crippen molar-refractivity contribution < 1.29 is 4.39 Å². The van der Waals surface area contributed by atoms with Crippen LogP contribution >= 0.6 is 11.6 Å². The molecule has 2 aromatic carbocycles. The summed E-state index contributed by atoms with van der Waals surface area (Å²) in [7, 11) is 0. The fourth-order valence-corrected chi connectivity index (χ4v) is 2.00. The average Bonchev–Trinajstić information content (AvgIpc) is 2.80. The first-order valence-electron chi connectivity index (χ1n) is 5.84. The summed E-state index contributed by atoms with van der Waals surface area (Å²) < 4.78 is 13.1. The Hall–Kier alpha value is -2.07. The molecule has 0 aliphatic heterocycles. The lowest BCUT2D eigenvalue weighted by molar-refractivity contribution is 0.629. The number of H-pyrrole nitrogens is 1. The Morgan fingerprint density at radius 3 is 2.74 bits per heavy atom. The number of aromatic nitrogens is 2. The number of nitrogens with zero attached hydrogens (tertiary/aromatic N) is 1. The number of fused-ring (bicyclic) bond motifs is 1. The van der Waals surface area contributed by atoms with E-state index < -0.39 is 0 Å². The van der Waals surface area contributed by atoms with Crippen molar-refractivity contribution >= 4 is 28.3 Å². The summed E-state index contributed by atoms with van der Waals surface area (Å²) in [5.74, 6) is 0.490. The zero-order valence-corrected chi connectivity index (χ0v) is 10.7. The maximum absolute atomic E-state index is 13.1. The number of hydrogen-bond acceptors (Lipinski definition) is 2. The first kappa shape index (κ1) is 12.0. The van der Waals surface area contributed by atoms with E-state index in [4.69, 9.17) is 11.6 Å². The normalized spacial score (nSPS) is 10.8. The zero-order valence-electron chi connectivity index (χ0n) is 9.95. The van der Waals surface area contributed by atoms with Gasteiger partial charge in [-0.25, -0.2) is 9.37 Å². The molecule has 3 aromatic rings. The number of aromatic amines is 1. The molecule has 1 aromatic heterocycles. The van der Waals surface area contributed by atoms with Gasteiger partial charge in [-0.3, -0.25) is 0 Å². The number of rotatable bonds is 3. The molecule has 0 aliphatic carbocycles. The van der Waals surface area contributed by atoms with E-state index in [0.29, 0.717) is 17.1 Å². The third kappa shape index (κ3) is 2.69. The van der Waals surface area contributed by atoms with Gasteiger partial charge in [0.05, 0.1) is 17.6 Å². The van der Waals surface area contributed by atoms with Gasteiger partial charge in [0.1, 0.15) is 11.6 Å². The molecule has 0 fully saturated rings.